The van der Waals surface area contributed by atoms with Crippen LogP contribution in [-0.4, -0.2) is 16.1 Å². The Morgan fingerprint density at radius 2 is 2.05 bits per heavy atom. The largest absolute Gasteiger partial charge is 0.330 e. The summed E-state index contributed by atoms with van der Waals surface area (Å²) in [6, 6.07) is 9.68. The van der Waals surface area contributed by atoms with Crippen LogP contribution in [0.5, 0.6) is 0 Å². The molecule has 0 saturated carbocycles. The summed E-state index contributed by atoms with van der Waals surface area (Å²) >= 11 is 0. The second-order valence-corrected chi connectivity index (χ2v) is 5.75. The maximum Gasteiger partial charge on any atom is 0.105 e. The number of hydrogen-bond acceptors (Lipinski definition) is 2. The van der Waals surface area contributed by atoms with Crippen LogP contribution in [0.3, 0.4) is 0 Å². The molecule has 1 aliphatic carbocycles. The summed E-state index contributed by atoms with van der Waals surface area (Å²) < 4.78 is 2.33. The van der Waals surface area contributed by atoms with Gasteiger partial charge in [0.05, 0.1) is 12.1 Å². The zero-order chi connectivity index (χ0) is 14.1. The molecular formula is C17H23N3. The van der Waals surface area contributed by atoms with Crippen molar-refractivity contribution in [3.8, 4) is 0 Å². The summed E-state index contributed by atoms with van der Waals surface area (Å²) in [7, 11) is 0. The zero-order valence-electron chi connectivity index (χ0n) is 12.5. The predicted octanol–water partition coefficient (Wildman–Crippen LogP) is 3.59. The van der Waals surface area contributed by atoms with Crippen LogP contribution in [-0.2, 0) is 0 Å². The normalized spacial score (nSPS) is 25.4. The van der Waals surface area contributed by atoms with E-state index in [1.54, 1.807) is 0 Å². The van der Waals surface area contributed by atoms with Gasteiger partial charge in [0.2, 0.25) is 0 Å². The molecule has 0 bridgehead atoms. The van der Waals surface area contributed by atoms with Crippen molar-refractivity contribution in [1.82, 2.24) is 14.9 Å². The minimum atomic E-state index is 0.375. The van der Waals surface area contributed by atoms with Crippen molar-refractivity contribution >= 4 is 0 Å². The van der Waals surface area contributed by atoms with Crippen LogP contribution >= 0.6 is 0 Å². The monoisotopic (exact) mass is 269 g/mol. The molecule has 0 spiro atoms. The molecule has 1 aliphatic rings. The average molecular weight is 269 g/mol. The SMILES string of the molecule is CCNC1c2ccccc2C(C)CC1n1ccnc1C. The fourth-order valence-corrected chi connectivity index (χ4v) is 3.55. The molecule has 3 nitrogen and oxygen atoms in total. The molecule has 1 N–H and O–H groups in total. The summed E-state index contributed by atoms with van der Waals surface area (Å²) in [6.07, 6.45) is 5.18. The summed E-state index contributed by atoms with van der Waals surface area (Å²) in [5, 5.41) is 3.68. The van der Waals surface area contributed by atoms with E-state index in [9.17, 15) is 0 Å². The van der Waals surface area contributed by atoms with Gasteiger partial charge in [0.15, 0.2) is 0 Å². The molecule has 3 atom stereocenters. The Hall–Kier alpha value is -1.61. The van der Waals surface area contributed by atoms with Gasteiger partial charge in [-0.3, -0.25) is 0 Å². The number of likely N-dealkylation sites (N-methyl/N-ethyl adjacent to an activating group) is 1. The van der Waals surface area contributed by atoms with Gasteiger partial charge in [0, 0.05) is 12.4 Å². The van der Waals surface area contributed by atoms with E-state index in [-0.39, 0.29) is 0 Å². The fourth-order valence-electron chi connectivity index (χ4n) is 3.55. The van der Waals surface area contributed by atoms with Gasteiger partial charge >= 0.3 is 0 Å². The van der Waals surface area contributed by atoms with E-state index in [4.69, 9.17) is 0 Å². The van der Waals surface area contributed by atoms with E-state index >= 15 is 0 Å². The molecule has 0 amide bonds. The number of aryl methyl sites for hydroxylation is 1. The number of imidazole rings is 1. The van der Waals surface area contributed by atoms with E-state index in [1.807, 2.05) is 6.20 Å². The predicted molar refractivity (Wildman–Crippen MR) is 81.9 cm³/mol. The Labute approximate surface area is 121 Å². The number of fused-ring (bicyclic) bond motifs is 1. The van der Waals surface area contributed by atoms with Gasteiger partial charge in [-0.2, -0.15) is 0 Å². The lowest BCUT2D eigenvalue weighted by molar-refractivity contribution is 0.297. The van der Waals surface area contributed by atoms with Gasteiger partial charge in [-0.1, -0.05) is 38.1 Å². The molecular weight excluding hydrogens is 246 g/mol. The van der Waals surface area contributed by atoms with E-state index in [2.05, 4.69) is 66.1 Å². The first kappa shape index (κ1) is 13.4. The lowest BCUT2D eigenvalue weighted by Gasteiger charge is -2.38. The van der Waals surface area contributed by atoms with Gasteiger partial charge in [0.1, 0.15) is 5.82 Å². The summed E-state index contributed by atoms with van der Waals surface area (Å²) in [4.78, 5) is 4.40. The number of nitrogens with one attached hydrogen (secondary N) is 1. The van der Waals surface area contributed by atoms with Crippen LogP contribution in [0.25, 0.3) is 0 Å². The Morgan fingerprint density at radius 3 is 2.70 bits per heavy atom. The number of benzene rings is 1. The number of aromatic nitrogens is 2. The number of rotatable bonds is 3. The van der Waals surface area contributed by atoms with Gasteiger partial charge in [-0.15, -0.1) is 0 Å². The Balaban J connectivity index is 2.06. The quantitative estimate of drug-likeness (QED) is 0.923. The summed E-state index contributed by atoms with van der Waals surface area (Å²) in [5.74, 6) is 1.69. The van der Waals surface area contributed by atoms with Crippen LogP contribution in [0, 0.1) is 6.92 Å². The van der Waals surface area contributed by atoms with Crippen molar-refractivity contribution in [2.75, 3.05) is 6.54 Å². The second-order valence-electron chi connectivity index (χ2n) is 5.75. The van der Waals surface area contributed by atoms with Crippen molar-refractivity contribution in [2.24, 2.45) is 0 Å². The standard InChI is InChI=1S/C17H23N3/c1-4-18-17-15-8-6-5-7-14(15)12(2)11-16(17)20-10-9-19-13(20)3/h5-10,12,16-18H,4,11H2,1-3H3. The van der Waals surface area contributed by atoms with E-state index in [0.29, 0.717) is 18.0 Å². The van der Waals surface area contributed by atoms with Gasteiger partial charge in [-0.05, 0) is 36.9 Å². The molecule has 1 aromatic carbocycles. The molecule has 3 rings (SSSR count). The number of hydrogen-bond donors (Lipinski definition) is 1. The van der Waals surface area contributed by atoms with Crippen LogP contribution in [0.1, 0.15) is 55.2 Å². The molecule has 3 heteroatoms. The van der Waals surface area contributed by atoms with Crippen LogP contribution in [0.15, 0.2) is 36.7 Å². The van der Waals surface area contributed by atoms with E-state index in [1.165, 1.54) is 11.1 Å². The van der Waals surface area contributed by atoms with Crippen molar-refractivity contribution in [3.63, 3.8) is 0 Å². The zero-order valence-corrected chi connectivity index (χ0v) is 12.5. The van der Waals surface area contributed by atoms with Crippen molar-refractivity contribution in [3.05, 3.63) is 53.6 Å². The lowest BCUT2D eigenvalue weighted by Crippen LogP contribution is -2.35. The third-order valence-electron chi connectivity index (χ3n) is 4.49. The van der Waals surface area contributed by atoms with E-state index < -0.39 is 0 Å². The van der Waals surface area contributed by atoms with Gasteiger partial charge in [-0.25, -0.2) is 4.98 Å². The Kier molecular flexibility index (Phi) is 3.62. The molecule has 0 radical (unpaired) electrons. The first-order valence-corrected chi connectivity index (χ1v) is 7.54. The van der Waals surface area contributed by atoms with Gasteiger partial charge in [0.25, 0.3) is 0 Å². The minimum absolute atomic E-state index is 0.375. The second kappa shape index (κ2) is 5.41. The molecule has 1 heterocycles. The molecule has 0 saturated heterocycles. The fraction of sp³-hybridized carbons (Fsp3) is 0.471. The van der Waals surface area contributed by atoms with Crippen LogP contribution < -0.4 is 5.32 Å². The highest BCUT2D eigenvalue weighted by molar-refractivity contribution is 5.36. The highest BCUT2D eigenvalue weighted by Crippen LogP contribution is 2.43. The van der Waals surface area contributed by atoms with Gasteiger partial charge < -0.3 is 9.88 Å². The van der Waals surface area contributed by atoms with E-state index in [0.717, 1.165) is 18.8 Å². The number of nitrogens with zero attached hydrogens (tertiary/aromatic N) is 2. The maximum absolute atomic E-state index is 4.40. The molecule has 1 aromatic heterocycles. The summed E-state index contributed by atoms with van der Waals surface area (Å²) in [5.41, 5.74) is 2.94. The third-order valence-corrected chi connectivity index (χ3v) is 4.49. The molecule has 2 aromatic rings. The molecule has 20 heavy (non-hydrogen) atoms. The topological polar surface area (TPSA) is 29.9 Å². The van der Waals surface area contributed by atoms with Crippen LogP contribution in [0.4, 0.5) is 0 Å². The highest BCUT2D eigenvalue weighted by Gasteiger charge is 2.33. The third kappa shape index (κ3) is 2.16. The van der Waals surface area contributed by atoms with Crippen molar-refractivity contribution in [1.29, 1.82) is 0 Å². The maximum atomic E-state index is 4.40. The van der Waals surface area contributed by atoms with Crippen molar-refractivity contribution < 1.29 is 0 Å². The molecule has 106 valence electrons. The highest BCUT2D eigenvalue weighted by atomic mass is 15.1. The Bertz CT molecular complexity index is 587. The first-order valence-electron chi connectivity index (χ1n) is 7.54. The molecule has 3 unspecified atom stereocenters. The molecule has 0 aliphatic heterocycles. The van der Waals surface area contributed by atoms with Crippen LogP contribution in [0.2, 0.25) is 0 Å². The smallest absolute Gasteiger partial charge is 0.105 e. The lowest BCUT2D eigenvalue weighted by atomic mass is 9.77. The Morgan fingerprint density at radius 1 is 1.30 bits per heavy atom. The molecule has 0 fully saturated rings. The minimum Gasteiger partial charge on any atom is -0.330 e. The average Bonchev–Trinajstić information content (AvgIpc) is 2.88. The summed E-state index contributed by atoms with van der Waals surface area (Å²) in [6.45, 7) is 7.59. The van der Waals surface area contributed by atoms with Crippen molar-refractivity contribution in [2.45, 2.75) is 45.2 Å². The first-order chi connectivity index (χ1) is 9.72.